The van der Waals surface area contributed by atoms with Gasteiger partial charge in [-0.2, -0.15) is 0 Å². The number of Topliss-reactive ketones (excluding diaryl/α,β-unsaturated/α-hetero) is 1. The van der Waals surface area contributed by atoms with Crippen LogP contribution in [0.15, 0.2) is 47.3 Å². The van der Waals surface area contributed by atoms with Crippen molar-refractivity contribution in [2.75, 3.05) is 13.7 Å². The highest BCUT2D eigenvalue weighted by molar-refractivity contribution is 7.07. The number of aromatic nitrogens is 1. The fourth-order valence-corrected chi connectivity index (χ4v) is 4.02. The molecule has 0 unspecified atom stereocenters. The van der Waals surface area contributed by atoms with Crippen molar-refractivity contribution in [2.24, 2.45) is 0 Å². The summed E-state index contributed by atoms with van der Waals surface area (Å²) in [7, 11) is 1.60. The van der Waals surface area contributed by atoms with E-state index >= 15 is 0 Å². The molecule has 2 aromatic carbocycles. The number of aromatic amines is 1. The van der Waals surface area contributed by atoms with Crippen molar-refractivity contribution < 1.29 is 14.3 Å². The van der Waals surface area contributed by atoms with Gasteiger partial charge in [0.2, 0.25) is 0 Å². The minimum Gasteiger partial charge on any atom is -0.497 e. The van der Waals surface area contributed by atoms with Gasteiger partial charge in [0.05, 0.1) is 22.9 Å². The van der Waals surface area contributed by atoms with E-state index in [0.717, 1.165) is 34.6 Å². The molecule has 3 aromatic rings. The van der Waals surface area contributed by atoms with Gasteiger partial charge in [0.1, 0.15) is 11.5 Å². The summed E-state index contributed by atoms with van der Waals surface area (Å²) < 4.78 is 11.8. The van der Waals surface area contributed by atoms with Crippen LogP contribution < -0.4 is 24.2 Å². The molecule has 0 saturated heterocycles. The van der Waals surface area contributed by atoms with Crippen molar-refractivity contribution >= 4 is 29.3 Å². The monoisotopic (exact) mass is 393 g/mol. The van der Waals surface area contributed by atoms with Crippen LogP contribution in [-0.2, 0) is 17.6 Å². The van der Waals surface area contributed by atoms with E-state index in [9.17, 15) is 9.59 Å². The van der Waals surface area contributed by atoms with Crippen molar-refractivity contribution in [2.45, 2.75) is 12.8 Å². The summed E-state index contributed by atoms with van der Waals surface area (Å²) in [6.07, 6.45) is 4.49. The number of benzene rings is 2. The Morgan fingerprint density at radius 2 is 2.07 bits per heavy atom. The zero-order valence-electron chi connectivity index (χ0n) is 15.4. The summed E-state index contributed by atoms with van der Waals surface area (Å²) in [5.41, 5.74) is 2.81. The molecule has 0 spiro atoms. The van der Waals surface area contributed by atoms with Crippen LogP contribution in [0.3, 0.4) is 0 Å². The lowest BCUT2D eigenvalue weighted by Crippen LogP contribution is -2.20. The minimum atomic E-state index is -0.190. The highest BCUT2D eigenvalue weighted by atomic mass is 32.1. The molecular weight excluding hydrogens is 374 g/mol. The second-order valence-electron chi connectivity index (χ2n) is 6.53. The number of thiazole rings is 1. The molecule has 6 heteroatoms. The number of carbonyl (C=O) groups excluding carboxylic acids is 1. The number of ketones is 1. The maximum atomic E-state index is 12.3. The second-order valence-corrected chi connectivity index (χ2v) is 7.61. The third-order valence-corrected chi connectivity index (χ3v) is 5.48. The lowest BCUT2D eigenvalue weighted by atomic mass is 10.1. The third kappa shape index (κ3) is 4.07. The quantitative estimate of drug-likeness (QED) is 0.718. The van der Waals surface area contributed by atoms with E-state index < -0.39 is 0 Å². The fraction of sp³-hybridized carbons (Fsp3) is 0.182. The molecule has 28 heavy (non-hydrogen) atoms. The molecule has 1 aromatic heterocycles. The van der Waals surface area contributed by atoms with Gasteiger partial charge in [-0.15, -0.1) is 11.3 Å². The van der Waals surface area contributed by atoms with Gasteiger partial charge in [-0.25, -0.2) is 0 Å². The Bertz CT molecular complexity index is 1190. The summed E-state index contributed by atoms with van der Waals surface area (Å²) in [5.74, 6) is 1.60. The zero-order chi connectivity index (χ0) is 19.5. The van der Waals surface area contributed by atoms with Gasteiger partial charge in [-0.3, -0.25) is 9.59 Å². The Morgan fingerprint density at radius 1 is 1.25 bits per heavy atom. The van der Waals surface area contributed by atoms with Gasteiger partial charge in [0.25, 0.3) is 5.56 Å². The molecular formula is C22H19NO4S. The summed E-state index contributed by atoms with van der Waals surface area (Å²) in [4.78, 5) is 27.3. The molecule has 0 fully saturated rings. The summed E-state index contributed by atoms with van der Waals surface area (Å²) in [5, 5.41) is 0. The molecule has 0 bridgehead atoms. The number of rotatable bonds is 5. The molecule has 0 aliphatic carbocycles. The van der Waals surface area contributed by atoms with Crippen LogP contribution in [0.5, 0.6) is 11.5 Å². The van der Waals surface area contributed by atoms with E-state index in [2.05, 4.69) is 4.98 Å². The summed E-state index contributed by atoms with van der Waals surface area (Å²) in [6.45, 7) is 0.702. The Morgan fingerprint density at radius 3 is 2.86 bits per heavy atom. The number of H-pyrrole nitrogens is 1. The summed E-state index contributed by atoms with van der Waals surface area (Å²) in [6, 6.07) is 13.3. The van der Waals surface area contributed by atoms with Crippen molar-refractivity contribution in [1.29, 1.82) is 0 Å². The van der Waals surface area contributed by atoms with E-state index in [0.29, 0.717) is 15.8 Å². The second kappa shape index (κ2) is 7.86. The van der Waals surface area contributed by atoms with E-state index in [1.807, 2.05) is 48.5 Å². The minimum absolute atomic E-state index is 0.0658. The first-order valence-electron chi connectivity index (χ1n) is 8.95. The molecule has 0 atom stereocenters. The first-order valence-corrected chi connectivity index (χ1v) is 9.76. The van der Waals surface area contributed by atoms with Crippen LogP contribution in [-0.4, -0.2) is 24.5 Å². The highest BCUT2D eigenvalue weighted by Gasteiger charge is 2.11. The molecule has 2 heterocycles. The maximum Gasteiger partial charge on any atom is 0.266 e. The first kappa shape index (κ1) is 18.3. The van der Waals surface area contributed by atoms with Gasteiger partial charge in [0.15, 0.2) is 5.78 Å². The molecule has 1 aliphatic heterocycles. The molecule has 1 aliphatic rings. The lowest BCUT2D eigenvalue weighted by Gasteiger charge is -2.00. The van der Waals surface area contributed by atoms with Crippen LogP contribution in [0.4, 0.5) is 0 Å². The molecule has 0 saturated carbocycles. The molecule has 0 amide bonds. The smallest absolute Gasteiger partial charge is 0.266 e. The van der Waals surface area contributed by atoms with Gasteiger partial charge in [-0.05, 0) is 47.0 Å². The standard InChI is InChI=1S/C22H19NO4S/c1-26-18-5-2-14(3-6-18)11-17(24)13-21-23-22(25)20(28-21)12-15-4-7-19-16(10-15)8-9-27-19/h2-7,10,12-13H,8-9,11H2,1H3,(H,23,25)/b20-12-,21-13+. The van der Waals surface area contributed by atoms with Crippen LogP contribution in [0.25, 0.3) is 12.2 Å². The van der Waals surface area contributed by atoms with E-state index in [1.165, 1.54) is 17.4 Å². The number of fused-ring (bicyclic) bond motifs is 1. The number of hydrogen-bond donors (Lipinski definition) is 1. The predicted octanol–water partition coefficient (Wildman–Crippen LogP) is 1.80. The van der Waals surface area contributed by atoms with E-state index in [4.69, 9.17) is 9.47 Å². The van der Waals surface area contributed by atoms with E-state index in [1.54, 1.807) is 7.11 Å². The van der Waals surface area contributed by atoms with Gasteiger partial charge in [0, 0.05) is 18.9 Å². The first-order chi connectivity index (χ1) is 13.6. The van der Waals surface area contributed by atoms with Crippen LogP contribution in [0, 0.1) is 0 Å². The number of ether oxygens (including phenoxy) is 2. The van der Waals surface area contributed by atoms with Crippen LogP contribution >= 0.6 is 11.3 Å². The Hall–Kier alpha value is -3.12. The number of nitrogens with one attached hydrogen (secondary N) is 1. The lowest BCUT2D eigenvalue weighted by molar-refractivity contribution is -0.112. The number of hydrogen-bond acceptors (Lipinski definition) is 5. The SMILES string of the molecule is COc1ccc(CC(=O)/C=c2\[nH]c(=O)/c(=C/c3ccc4c(c3)CCO4)s2)cc1. The zero-order valence-corrected chi connectivity index (χ0v) is 16.2. The van der Waals surface area contributed by atoms with Crippen molar-refractivity contribution in [3.05, 3.63) is 78.7 Å². The Kier molecular flexibility index (Phi) is 5.12. The Balaban J connectivity index is 1.56. The third-order valence-electron chi connectivity index (χ3n) is 4.52. The van der Waals surface area contributed by atoms with Crippen molar-refractivity contribution in [3.8, 4) is 11.5 Å². The van der Waals surface area contributed by atoms with Gasteiger partial charge in [-0.1, -0.05) is 18.2 Å². The van der Waals surface area contributed by atoms with Crippen molar-refractivity contribution in [3.63, 3.8) is 0 Å². The van der Waals surface area contributed by atoms with Gasteiger partial charge >= 0.3 is 0 Å². The average molecular weight is 393 g/mol. The highest BCUT2D eigenvalue weighted by Crippen LogP contribution is 2.25. The normalized spacial score (nSPS) is 14.0. The van der Waals surface area contributed by atoms with Crippen LogP contribution in [0.1, 0.15) is 16.7 Å². The molecule has 142 valence electrons. The average Bonchev–Trinajstić information content (AvgIpc) is 3.28. The maximum absolute atomic E-state index is 12.3. The Labute approximate surface area is 165 Å². The van der Waals surface area contributed by atoms with Crippen molar-refractivity contribution in [1.82, 2.24) is 4.98 Å². The summed E-state index contributed by atoms with van der Waals surface area (Å²) >= 11 is 1.28. The van der Waals surface area contributed by atoms with Gasteiger partial charge < -0.3 is 14.5 Å². The molecule has 4 rings (SSSR count). The molecule has 5 nitrogen and oxygen atoms in total. The topological polar surface area (TPSA) is 68.4 Å². The molecule has 1 N–H and O–H groups in total. The predicted molar refractivity (Wildman–Crippen MR) is 110 cm³/mol. The van der Waals surface area contributed by atoms with Crippen LogP contribution in [0.2, 0.25) is 0 Å². The fourth-order valence-electron chi connectivity index (χ4n) is 3.11. The number of carbonyl (C=O) groups is 1. The largest absolute Gasteiger partial charge is 0.497 e. The molecule has 0 radical (unpaired) electrons. The van der Waals surface area contributed by atoms with E-state index in [-0.39, 0.29) is 17.8 Å². The number of methoxy groups -OCH3 is 1.